The van der Waals surface area contributed by atoms with Crippen molar-refractivity contribution in [3.63, 3.8) is 0 Å². The summed E-state index contributed by atoms with van der Waals surface area (Å²) in [7, 11) is 0. The molecule has 0 bridgehead atoms. The van der Waals surface area contributed by atoms with Gasteiger partial charge in [-0.15, -0.1) is 0 Å². The summed E-state index contributed by atoms with van der Waals surface area (Å²) in [6.07, 6.45) is 1.64. The molecule has 1 aliphatic heterocycles. The summed E-state index contributed by atoms with van der Waals surface area (Å²) in [6, 6.07) is 13.3. The lowest BCUT2D eigenvalue weighted by Gasteiger charge is -2.08. The quantitative estimate of drug-likeness (QED) is 0.662. The average molecular weight is 379 g/mol. The minimum atomic E-state index is 0.575. The average Bonchev–Trinajstić information content (AvgIpc) is 3.14. The van der Waals surface area contributed by atoms with Crippen LogP contribution >= 0.6 is 34.8 Å². The molecule has 1 aliphatic rings. The first-order valence-electron chi connectivity index (χ1n) is 7.67. The lowest BCUT2D eigenvalue weighted by Crippen LogP contribution is -2.05. The van der Waals surface area contributed by atoms with E-state index in [0.717, 1.165) is 40.8 Å². The van der Waals surface area contributed by atoms with E-state index in [4.69, 9.17) is 39.9 Å². The highest BCUT2D eigenvalue weighted by Crippen LogP contribution is 2.34. The Hall–Kier alpha value is -1.68. The van der Waals surface area contributed by atoms with Gasteiger partial charge in [0.2, 0.25) is 0 Å². The third kappa shape index (κ3) is 2.77. The largest absolute Gasteiger partial charge is 0.369 e. The molecule has 0 fully saturated rings. The number of halogens is 3. The maximum atomic E-state index is 6.37. The Labute approximate surface area is 155 Å². The fourth-order valence-electron chi connectivity index (χ4n) is 3.04. The molecule has 0 unspecified atom stereocenters. The van der Waals surface area contributed by atoms with Gasteiger partial charge >= 0.3 is 0 Å². The van der Waals surface area contributed by atoms with E-state index in [-0.39, 0.29) is 0 Å². The van der Waals surface area contributed by atoms with E-state index in [1.807, 2.05) is 41.1 Å². The molecular formula is C18H14Cl3N3. The first kappa shape index (κ1) is 15.8. The van der Waals surface area contributed by atoms with Crippen LogP contribution < -0.4 is 5.32 Å². The first-order chi connectivity index (χ1) is 11.6. The Morgan fingerprint density at radius 3 is 2.67 bits per heavy atom. The van der Waals surface area contributed by atoms with Crippen molar-refractivity contribution in [1.82, 2.24) is 9.78 Å². The van der Waals surface area contributed by atoms with E-state index in [0.29, 0.717) is 16.5 Å². The minimum Gasteiger partial charge on any atom is -0.369 e. The number of hydrogen-bond acceptors (Lipinski definition) is 2. The van der Waals surface area contributed by atoms with Gasteiger partial charge in [0.25, 0.3) is 0 Å². The topological polar surface area (TPSA) is 29.9 Å². The Morgan fingerprint density at radius 2 is 1.88 bits per heavy atom. The molecular weight excluding hydrogens is 365 g/mol. The molecule has 24 heavy (non-hydrogen) atoms. The van der Waals surface area contributed by atoms with Crippen LogP contribution in [-0.2, 0) is 12.8 Å². The molecule has 0 radical (unpaired) electrons. The van der Waals surface area contributed by atoms with Crippen molar-refractivity contribution in [1.29, 1.82) is 0 Å². The summed E-state index contributed by atoms with van der Waals surface area (Å²) in [5, 5.41) is 10.1. The first-order valence-corrected chi connectivity index (χ1v) is 8.80. The molecule has 2 aromatic carbocycles. The van der Waals surface area contributed by atoms with Crippen molar-refractivity contribution >= 4 is 40.6 Å². The Kier molecular flexibility index (Phi) is 4.17. The number of nitrogens with zero attached hydrogens (tertiary/aromatic N) is 2. The molecule has 6 heteroatoms. The van der Waals surface area contributed by atoms with Crippen LogP contribution in [0.25, 0.3) is 5.69 Å². The van der Waals surface area contributed by atoms with E-state index in [1.165, 1.54) is 5.56 Å². The molecule has 0 atom stereocenters. The van der Waals surface area contributed by atoms with Crippen molar-refractivity contribution in [2.45, 2.75) is 12.8 Å². The van der Waals surface area contributed by atoms with Gasteiger partial charge in [0, 0.05) is 28.6 Å². The molecule has 0 saturated carbocycles. The van der Waals surface area contributed by atoms with Crippen LogP contribution in [-0.4, -0.2) is 16.3 Å². The van der Waals surface area contributed by atoms with Gasteiger partial charge in [0.1, 0.15) is 5.82 Å². The second-order valence-electron chi connectivity index (χ2n) is 5.73. The molecule has 0 amide bonds. The summed E-state index contributed by atoms with van der Waals surface area (Å²) in [4.78, 5) is 0. The van der Waals surface area contributed by atoms with E-state index in [9.17, 15) is 0 Å². The molecule has 0 spiro atoms. The van der Waals surface area contributed by atoms with Crippen LogP contribution in [0.4, 0.5) is 5.82 Å². The zero-order valence-corrected chi connectivity index (χ0v) is 15.0. The lowest BCUT2D eigenvalue weighted by molar-refractivity contribution is 0.840. The normalized spacial score (nSPS) is 13.0. The summed E-state index contributed by atoms with van der Waals surface area (Å²) in [5.41, 5.74) is 4.13. The van der Waals surface area contributed by atoms with Gasteiger partial charge < -0.3 is 5.32 Å². The third-order valence-electron chi connectivity index (χ3n) is 4.19. The Balaban J connectivity index is 1.79. The molecule has 0 saturated heterocycles. The third-order valence-corrected chi connectivity index (χ3v) is 5.09. The fraction of sp³-hybridized carbons (Fsp3) is 0.167. The summed E-state index contributed by atoms with van der Waals surface area (Å²) in [5.74, 6) is 1.00. The highest BCUT2D eigenvalue weighted by Gasteiger charge is 2.24. The zero-order chi connectivity index (χ0) is 16.7. The van der Waals surface area contributed by atoms with Crippen LogP contribution in [0.5, 0.6) is 0 Å². The molecule has 122 valence electrons. The molecule has 4 rings (SSSR count). The summed E-state index contributed by atoms with van der Waals surface area (Å²) >= 11 is 18.7. The zero-order valence-electron chi connectivity index (χ0n) is 12.7. The highest BCUT2D eigenvalue weighted by molar-refractivity contribution is 6.35. The number of nitrogens with one attached hydrogen (secondary N) is 1. The van der Waals surface area contributed by atoms with Gasteiger partial charge in [-0.05, 0) is 36.2 Å². The van der Waals surface area contributed by atoms with Crippen LogP contribution in [0.3, 0.4) is 0 Å². The van der Waals surface area contributed by atoms with E-state index >= 15 is 0 Å². The van der Waals surface area contributed by atoms with E-state index in [2.05, 4.69) is 5.32 Å². The molecule has 3 aromatic rings. The van der Waals surface area contributed by atoms with Gasteiger partial charge in [0.05, 0.1) is 16.4 Å². The van der Waals surface area contributed by atoms with Crippen LogP contribution in [0.15, 0.2) is 42.5 Å². The van der Waals surface area contributed by atoms with Gasteiger partial charge in [0.15, 0.2) is 0 Å². The monoisotopic (exact) mass is 377 g/mol. The summed E-state index contributed by atoms with van der Waals surface area (Å²) < 4.78 is 1.87. The SMILES string of the molecule is Clc1ccc(-n2nc(Cc3ccccc3Cl)c3c2NCC3)c(Cl)c1. The maximum absolute atomic E-state index is 6.37. The Morgan fingerprint density at radius 1 is 1.04 bits per heavy atom. The van der Waals surface area contributed by atoms with Gasteiger partial charge in [-0.1, -0.05) is 53.0 Å². The molecule has 3 nitrogen and oxygen atoms in total. The van der Waals surface area contributed by atoms with Gasteiger partial charge in [-0.2, -0.15) is 5.10 Å². The number of fused-ring (bicyclic) bond motifs is 1. The number of anilines is 1. The predicted octanol–water partition coefficient (Wildman–Crippen LogP) is 5.39. The lowest BCUT2D eigenvalue weighted by atomic mass is 10.1. The van der Waals surface area contributed by atoms with Crippen molar-refractivity contribution in [3.05, 3.63) is 74.4 Å². The molecule has 0 aliphatic carbocycles. The Bertz CT molecular complexity index is 918. The van der Waals surface area contributed by atoms with Crippen molar-refractivity contribution in [2.75, 3.05) is 11.9 Å². The number of hydrogen-bond donors (Lipinski definition) is 1. The number of benzene rings is 2. The van der Waals surface area contributed by atoms with Crippen molar-refractivity contribution in [3.8, 4) is 5.69 Å². The van der Waals surface area contributed by atoms with Crippen molar-refractivity contribution < 1.29 is 0 Å². The standard InChI is InChI=1S/C18H14Cl3N3/c19-12-5-6-17(15(21)10-12)24-18-13(7-8-22-18)16(23-24)9-11-3-1-2-4-14(11)20/h1-6,10,22H,7-9H2. The smallest absolute Gasteiger partial charge is 0.133 e. The maximum Gasteiger partial charge on any atom is 0.133 e. The van der Waals surface area contributed by atoms with Crippen LogP contribution in [0, 0.1) is 0 Å². The highest BCUT2D eigenvalue weighted by atomic mass is 35.5. The second-order valence-corrected chi connectivity index (χ2v) is 6.98. The predicted molar refractivity (Wildman–Crippen MR) is 100 cm³/mol. The minimum absolute atomic E-state index is 0.575. The van der Waals surface area contributed by atoms with E-state index in [1.54, 1.807) is 6.07 Å². The number of rotatable bonds is 3. The van der Waals surface area contributed by atoms with Crippen LogP contribution in [0.2, 0.25) is 15.1 Å². The van der Waals surface area contributed by atoms with Gasteiger partial charge in [-0.3, -0.25) is 0 Å². The molecule has 1 N–H and O–H groups in total. The van der Waals surface area contributed by atoms with Crippen LogP contribution in [0.1, 0.15) is 16.8 Å². The fourth-order valence-corrected chi connectivity index (χ4v) is 3.73. The van der Waals surface area contributed by atoms with Gasteiger partial charge in [-0.25, -0.2) is 4.68 Å². The molecule has 2 heterocycles. The van der Waals surface area contributed by atoms with E-state index < -0.39 is 0 Å². The summed E-state index contributed by atoms with van der Waals surface area (Å²) in [6.45, 7) is 0.897. The second kappa shape index (κ2) is 6.32. The molecule has 1 aromatic heterocycles. The number of aromatic nitrogens is 2. The van der Waals surface area contributed by atoms with Crippen molar-refractivity contribution in [2.24, 2.45) is 0 Å².